The van der Waals surface area contributed by atoms with Crippen molar-refractivity contribution < 1.29 is 14.8 Å². The number of rotatable bonds is 5. The van der Waals surface area contributed by atoms with Crippen molar-refractivity contribution in [3.63, 3.8) is 0 Å². The fourth-order valence-electron chi connectivity index (χ4n) is 1.68. The van der Waals surface area contributed by atoms with E-state index in [0.29, 0.717) is 15.7 Å². The van der Waals surface area contributed by atoms with E-state index in [1.54, 1.807) is 24.3 Å². The predicted molar refractivity (Wildman–Crippen MR) is 79.7 cm³/mol. The van der Waals surface area contributed by atoms with Crippen molar-refractivity contribution >= 4 is 39.1 Å². The Kier molecular flexibility index (Phi) is 4.49. The van der Waals surface area contributed by atoms with Gasteiger partial charge in [-0.25, -0.2) is 4.98 Å². The van der Waals surface area contributed by atoms with Gasteiger partial charge in [0.2, 0.25) is 5.82 Å². The summed E-state index contributed by atoms with van der Waals surface area (Å²) in [7, 11) is 0. The van der Waals surface area contributed by atoms with Crippen LogP contribution in [0.1, 0.15) is 5.56 Å². The minimum absolute atomic E-state index is 0.0725. The molecule has 1 aromatic carbocycles. The van der Waals surface area contributed by atoms with Gasteiger partial charge in [-0.2, -0.15) is 0 Å². The maximum atomic E-state index is 11.0. The summed E-state index contributed by atoms with van der Waals surface area (Å²) in [4.78, 5) is 25.0. The van der Waals surface area contributed by atoms with Crippen LogP contribution in [0.25, 0.3) is 0 Å². The third-order valence-corrected chi connectivity index (χ3v) is 3.04. The lowest BCUT2D eigenvalue weighted by Crippen LogP contribution is -2.01. The number of nitrogens with one attached hydrogen (secondary N) is 1. The monoisotopic (exact) mass is 351 g/mol. The van der Waals surface area contributed by atoms with Crippen LogP contribution in [0.5, 0.6) is 0 Å². The van der Waals surface area contributed by atoms with Crippen LogP contribution in [0.15, 0.2) is 41.0 Å². The minimum atomic E-state index is -0.916. The lowest BCUT2D eigenvalue weighted by Gasteiger charge is -2.07. The Bertz CT molecular complexity index is 688. The van der Waals surface area contributed by atoms with Crippen LogP contribution in [-0.4, -0.2) is 21.0 Å². The zero-order valence-corrected chi connectivity index (χ0v) is 12.2. The first-order valence-electron chi connectivity index (χ1n) is 5.83. The van der Waals surface area contributed by atoms with E-state index in [1.165, 1.54) is 12.3 Å². The molecule has 108 valence electrons. The van der Waals surface area contributed by atoms with Gasteiger partial charge in [-0.05, 0) is 33.6 Å². The number of carboxylic acids is 1. The van der Waals surface area contributed by atoms with Gasteiger partial charge in [0.1, 0.15) is 0 Å². The first-order chi connectivity index (χ1) is 9.95. The number of halogens is 1. The van der Waals surface area contributed by atoms with Gasteiger partial charge in [0.15, 0.2) is 0 Å². The van der Waals surface area contributed by atoms with Crippen LogP contribution >= 0.6 is 15.9 Å². The van der Waals surface area contributed by atoms with Crippen molar-refractivity contribution in [2.24, 2.45) is 0 Å². The fourth-order valence-corrected chi connectivity index (χ4v) is 2.00. The van der Waals surface area contributed by atoms with Crippen molar-refractivity contribution in [3.05, 3.63) is 56.7 Å². The Morgan fingerprint density at radius 3 is 2.62 bits per heavy atom. The number of aromatic nitrogens is 1. The number of carboxylic acid groups (broad SMARTS) is 1. The van der Waals surface area contributed by atoms with Crippen molar-refractivity contribution in [2.45, 2.75) is 6.42 Å². The second-order valence-corrected chi connectivity index (χ2v) is 5.09. The number of nitrogens with zero attached hydrogens (tertiary/aromatic N) is 2. The number of hydrogen-bond acceptors (Lipinski definition) is 5. The third-order valence-electron chi connectivity index (χ3n) is 2.60. The predicted octanol–water partition coefficient (Wildman–Crippen LogP) is 3.12. The van der Waals surface area contributed by atoms with Crippen molar-refractivity contribution in [1.29, 1.82) is 0 Å². The number of pyridine rings is 1. The van der Waals surface area contributed by atoms with Crippen LogP contribution in [0.4, 0.5) is 17.2 Å². The maximum Gasteiger partial charge on any atom is 0.312 e. The zero-order valence-electron chi connectivity index (χ0n) is 10.6. The van der Waals surface area contributed by atoms with E-state index < -0.39 is 10.9 Å². The number of aliphatic carboxylic acids is 1. The van der Waals surface area contributed by atoms with Gasteiger partial charge in [-0.3, -0.25) is 14.9 Å². The summed E-state index contributed by atoms with van der Waals surface area (Å²) in [5, 5.41) is 22.5. The van der Waals surface area contributed by atoms with Crippen LogP contribution in [0, 0.1) is 10.1 Å². The van der Waals surface area contributed by atoms with Gasteiger partial charge in [0.05, 0.1) is 11.3 Å². The molecule has 0 saturated carbocycles. The summed E-state index contributed by atoms with van der Waals surface area (Å²) in [5.74, 6) is -0.796. The molecule has 0 amide bonds. The Labute approximate surface area is 127 Å². The standard InChI is InChI=1S/C13H10BrN3O4/c14-9-6-11(17(20)21)13(15-7-9)16-10-3-1-8(2-4-10)5-12(18)19/h1-4,6-7H,5H2,(H,15,16)(H,18,19). The second-order valence-electron chi connectivity index (χ2n) is 4.17. The Morgan fingerprint density at radius 2 is 2.05 bits per heavy atom. The van der Waals surface area contributed by atoms with Crippen LogP contribution < -0.4 is 5.32 Å². The van der Waals surface area contributed by atoms with E-state index in [-0.39, 0.29) is 17.9 Å². The minimum Gasteiger partial charge on any atom is -0.481 e. The first-order valence-corrected chi connectivity index (χ1v) is 6.62. The highest BCUT2D eigenvalue weighted by Gasteiger charge is 2.16. The quantitative estimate of drug-likeness (QED) is 0.633. The van der Waals surface area contributed by atoms with E-state index in [0.717, 1.165) is 0 Å². The first kappa shape index (κ1) is 14.9. The molecule has 21 heavy (non-hydrogen) atoms. The molecule has 0 bridgehead atoms. The van der Waals surface area contributed by atoms with Crippen molar-refractivity contribution in [1.82, 2.24) is 4.98 Å². The zero-order chi connectivity index (χ0) is 15.4. The number of anilines is 2. The highest BCUT2D eigenvalue weighted by molar-refractivity contribution is 9.10. The van der Waals surface area contributed by atoms with Gasteiger partial charge in [0.25, 0.3) is 0 Å². The number of nitro groups is 1. The summed E-state index contributed by atoms with van der Waals surface area (Å²) in [6, 6.07) is 7.92. The Morgan fingerprint density at radius 1 is 1.38 bits per heavy atom. The van der Waals surface area contributed by atoms with Crippen molar-refractivity contribution in [2.75, 3.05) is 5.32 Å². The molecule has 0 radical (unpaired) electrons. The summed E-state index contributed by atoms with van der Waals surface area (Å²) in [6.07, 6.45) is 1.38. The molecule has 8 heteroatoms. The fraction of sp³-hybridized carbons (Fsp3) is 0.0769. The summed E-state index contributed by atoms with van der Waals surface area (Å²) in [6.45, 7) is 0. The third kappa shape index (κ3) is 3.99. The molecule has 0 aliphatic heterocycles. The summed E-state index contributed by atoms with van der Waals surface area (Å²) >= 11 is 3.13. The summed E-state index contributed by atoms with van der Waals surface area (Å²) in [5.41, 5.74) is 1.08. The van der Waals surface area contributed by atoms with Crippen LogP contribution in [-0.2, 0) is 11.2 Å². The van der Waals surface area contributed by atoms with E-state index in [1.807, 2.05) is 0 Å². The molecule has 1 aromatic heterocycles. The van der Waals surface area contributed by atoms with Gasteiger partial charge in [0, 0.05) is 22.4 Å². The largest absolute Gasteiger partial charge is 0.481 e. The number of benzene rings is 1. The normalized spacial score (nSPS) is 10.1. The van der Waals surface area contributed by atoms with Gasteiger partial charge >= 0.3 is 11.7 Å². The molecule has 1 heterocycles. The molecule has 2 N–H and O–H groups in total. The van der Waals surface area contributed by atoms with Crippen molar-refractivity contribution in [3.8, 4) is 0 Å². The lowest BCUT2D eigenvalue weighted by atomic mass is 10.1. The van der Waals surface area contributed by atoms with Crippen LogP contribution in [0.3, 0.4) is 0 Å². The molecule has 0 fully saturated rings. The molecule has 0 spiro atoms. The smallest absolute Gasteiger partial charge is 0.312 e. The SMILES string of the molecule is O=C(O)Cc1ccc(Nc2ncc(Br)cc2[N+](=O)[O-])cc1. The van der Waals surface area contributed by atoms with E-state index >= 15 is 0 Å². The molecular weight excluding hydrogens is 342 g/mol. The van der Waals surface area contributed by atoms with Gasteiger partial charge < -0.3 is 10.4 Å². The van der Waals surface area contributed by atoms with Crippen LogP contribution in [0.2, 0.25) is 0 Å². The molecule has 2 aromatic rings. The molecule has 0 saturated heterocycles. The Hall–Kier alpha value is -2.48. The highest BCUT2D eigenvalue weighted by atomic mass is 79.9. The number of hydrogen-bond donors (Lipinski definition) is 2. The topological polar surface area (TPSA) is 105 Å². The lowest BCUT2D eigenvalue weighted by molar-refractivity contribution is -0.384. The summed E-state index contributed by atoms with van der Waals surface area (Å²) < 4.78 is 0.511. The molecule has 0 unspecified atom stereocenters. The highest BCUT2D eigenvalue weighted by Crippen LogP contribution is 2.28. The van der Waals surface area contributed by atoms with E-state index in [9.17, 15) is 14.9 Å². The average molecular weight is 352 g/mol. The number of carbonyl (C=O) groups is 1. The second kappa shape index (κ2) is 6.31. The molecule has 0 atom stereocenters. The maximum absolute atomic E-state index is 11.0. The van der Waals surface area contributed by atoms with E-state index in [2.05, 4.69) is 26.2 Å². The van der Waals surface area contributed by atoms with E-state index in [4.69, 9.17) is 5.11 Å². The Balaban J connectivity index is 2.22. The van der Waals surface area contributed by atoms with Gasteiger partial charge in [-0.1, -0.05) is 12.1 Å². The molecule has 7 nitrogen and oxygen atoms in total. The average Bonchev–Trinajstić information content (AvgIpc) is 2.42. The molecule has 2 rings (SSSR count). The van der Waals surface area contributed by atoms with Gasteiger partial charge in [-0.15, -0.1) is 0 Å². The molecule has 0 aliphatic carbocycles. The molecule has 0 aliphatic rings. The molecular formula is C13H10BrN3O4.